The SMILES string of the molecule is CC1=CC(C)CC(C)C(Cc2cnco2)OC(=O)C(C)=CCCC(C)C(Cc2cnco2)OC1=O. The first-order valence-corrected chi connectivity index (χ1v) is 12.2. The lowest BCUT2D eigenvalue weighted by atomic mass is 9.89. The van der Waals surface area contributed by atoms with Gasteiger partial charge in [-0.3, -0.25) is 0 Å². The maximum absolute atomic E-state index is 13.0. The molecular weight excluding hydrogens is 448 g/mol. The Morgan fingerprint density at radius 3 is 1.91 bits per heavy atom. The van der Waals surface area contributed by atoms with Crippen molar-refractivity contribution in [2.24, 2.45) is 17.8 Å². The molecule has 0 bridgehead atoms. The molecule has 2 aromatic rings. The number of rotatable bonds is 4. The van der Waals surface area contributed by atoms with Crippen LogP contribution in [0.1, 0.15) is 65.4 Å². The molecule has 0 saturated heterocycles. The number of nitrogens with zero attached hydrogens (tertiary/aromatic N) is 2. The van der Waals surface area contributed by atoms with Crippen LogP contribution < -0.4 is 0 Å². The largest absolute Gasteiger partial charge is 0.458 e. The Morgan fingerprint density at radius 1 is 0.829 bits per heavy atom. The molecule has 3 heterocycles. The van der Waals surface area contributed by atoms with E-state index >= 15 is 0 Å². The first-order chi connectivity index (χ1) is 16.7. The minimum absolute atomic E-state index is 0.0269. The fourth-order valence-corrected chi connectivity index (χ4v) is 4.39. The predicted octanol–water partition coefficient (Wildman–Crippen LogP) is 5.26. The van der Waals surface area contributed by atoms with Gasteiger partial charge in [-0.25, -0.2) is 19.6 Å². The van der Waals surface area contributed by atoms with Gasteiger partial charge in [0.05, 0.1) is 12.4 Å². The molecule has 0 aliphatic carbocycles. The average Bonchev–Trinajstić information content (AvgIpc) is 3.51. The van der Waals surface area contributed by atoms with E-state index in [1.807, 2.05) is 32.9 Å². The number of hydrogen-bond donors (Lipinski definition) is 0. The number of esters is 2. The summed E-state index contributed by atoms with van der Waals surface area (Å²) >= 11 is 0. The fraction of sp³-hybridized carbons (Fsp3) is 0.556. The van der Waals surface area contributed by atoms with E-state index in [1.54, 1.807) is 26.2 Å². The van der Waals surface area contributed by atoms with Crippen LogP contribution in [0.4, 0.5) is 0 Å². The molecule has 0 spiro atoms. The number of allylic oxidation sites excluding steroid dienone is 2. The first kappa shape index (κ1) is 26.4. The van der Waals surface area contributed by atoms with Crippen molar-refractivity contribution < 1.29 is 27.9 Å². The molecule has 190 valence electrons. The van der Waals surface area contributed by atoms with Crippen molar-refractivity contribution in [2.45, 2.75) is 78.9 Å². The van der Waals surface area contributed by atoms with E-state index in [9.17, 15) is 9.59 Å². The third kappa shape index (κ3) is 7.94. The number of oxazole rings is 2. The second-order valence-electron chi connectivity index (χ2n) is 9.71. The summed E-state index contributed by atoms with van der Waals surface area (Å²) in [7, 11) is 0. The number of cyclic esters (lactones) is 2. The summed E-state index contributed by atoms with van der Waals surface area (Å²) in [6.45, 7) is 9.68. The minimum Gasteiger partial charge on any atom is -0.458 e. The van der Waals surface area contributed by atoms with E-state index in [1.165, 1.54) is 12.8 Å². The van der Waals surface area contributed by atoms with Gasteiger partial charge in [-0.05, 0) is 50.9 Å². The third-order valence-corrected chi connectivity index (χ3v) is 6.55. The van der Waals surface area contributed by atoms with Crippen molar-refractivity contribution in [3.8, 4) is 0 Å². The second-order valence-corrected chi connectivity index (χ2v) is 9.71. The van der Waals surface area contributed by atoms with E-state index in [2.05, 4.69) is 9.97 Å². The molecule has 8 heteroatoms. The van der Waals surface area contributed by atoms with Gasteiger partial charge < -0.3 is 18.3 Å². The molecule has 3 rings (SSSR count). The van der Waals surface area contributed by atoms with Crippen LogP contribution in [0, 0.1) is 17.8 Å². The zero-order chi connectivity index (χ0) is 25.4. The van der Waals surface area contributed by atoms with E-state index < -0.39 is 0 Å². The van der Waals surface area contributed by atoms with Gasteiger partial charge in [-0.1, -0.05) is 32.9 Å². The molecule has 0 aromatic carbocycles. The Labute approximate surface area is 206 Å². The molecule has 8 nitrogen and oxygen atoms in total. The predicted molar refractivity (Wildman–Crippen MR) is 129 cm³/mol. The van der Waals surface area contributed by atoms with Crippen LogP contribution in [0.2, 0.25) is 0 Å². The summed E-state index contributed by atoms with van der Waals surface area (Å²) in [5, 5.41) is 0. The highest BCUT2D eigenvalue weighted by Crippen LogP contribution is 2.26. The summed E-state index contributed by atoms with van der Waals surface area (Å²) in [5.74, 6) is 0.819. The van der Waals surface area contributed by atoms with Gasteiger partial charge in [0.25, 0.3) is 0 Å². The van der Waals surface area contributed by atoms with Gasteiger partial charge in [0, 0.05) is 24.0 Å². The lowest BCUT2D eigenvalue weighted by Crippen LogP contribution is -2.30. The van der Waals surface area contributed by atoms with E-state index in [0.717, 1.165) is 12.8 Å². The Kier molecular flexibility index (Phi) is 9.46. The molecule has 1 aliphatic heterocycles. The van der Waals surface area contributed by atoms with E-state index in [4.69, 9.17) is 18.3 Å². The lowest BCUT2D eigenvalue weighted by Gasteiger charge is -2.26. The molecule has 5 atom stereocenters. The topological polar surface area (TPSA) is 105 Å². The number of carbonyl (C=O) groups is 2. The van der Waals surface area contributed by atoms with E-state index in [-0.39, 0.29) is 41.9 Å². The van der Waals surface area contributed by atoms with Crippen molar-refractivity contribution >= 4 is 11.9 Å². The maximum Gasteiger partial charge on any atom is 0.333 e. The molecule has 0 saturated carbocycles. The lowest BCUT2D eigenvalue weighted by molar-refractivity contribution is -0.147. The van der Waals surface area contributed by atoms with Crippen molar-refractivity contribution in [1.82, 2.24) is 9.97 Å². The smallest absolute Gasteiger partial charge is 0.333 e. The summed E-state index contributed by atoms with van der Waals surface area (Å²) < 4.78 is 22.7. The highest BCUT2D eigenvalue weighted by Gasteiger charge is 2.27. The van der Waals surface area contributed by atoms with Gasteiger partial charge in [-0.2, -0.15) is 0 Å². The summed E-state index contributed by atoms with van der Waals surface area (Å²) in [6.07, 6.45) is 12.1. The highest BCUT2D eigenvalue weighted by molar-refractivity contribution is 5.88. The maximum atomic E-state index is 13.0. The van der Waals surface area contributed by atoms with Crippen LogP contribution in [0.25, 0.3) is 0 Å². The molecule has 0 amide bonds. The molecule has 0 radical (unpaired) electrons. The number of ether oxygens (including phenoxy) is 2. The molecule has 1 aliphatic rings. The van der Waals surface area contributed by atoms with Crippen molar-refractivity contribution in [2.75, 3.05) is 0 Å². The standard InChI is InChI=1S/C27H36N2O6/c1-17-9-20(4)25(12-23-14-29-16-33-23)35-26(30)19(3)8-6-7-18(2)24(11-22-13-28-15-32-22)34-27(31)21(5)10-17/h8,10,13-18,20,24-25H,6-7,9,11-12H2,1-5H3. The first-order valence-electron chi connectivity index (χ1n) is 12.2. The van der Waals surface area contributed by atoms with Crippen LogP contribution >= 0.6 is 0 Å². The molecule has 2 aromatic heterocycles. The van der Waals surface area contributed by atoms with Crippen molar-refractivity contribution in [3.63, 3.8) is 0 Å². The van der Waals surface area contributed by atoms with E-state index in [0.29, 0.717) is 41.9 Å². The van der Waals surface area contributed by atoms with Gasteiger partial charge in [0.15, 0.2) is 12.8 Å². The second kappa shape index (κ2) is 12.5. The van der Waals surface area contributed by atoms with Crippen LogP contribution in [0.5, 0.6) is 0 Å². The number of hydrogen-bond acceptors (Lipinski definition) is 8. The zero-order valence-corrected chi connectivity index (χ0v) is 21.2. The van der Waals surface area contributed by atoms with Crippen LogP contribution in [-0.2, 0) is 31.9 Å². The molecule has 35 heavy (non-hydrogen) atoms. The summed E-state index contributed by atoms with van der Waals surface area (Å²) in [4.78, 5) is 33.8. The monoisotopic (exact) mass is 484 g/mol. The Balaban J connectivity index is 1.83. The fourth-order valence-electron chi connectivity index (χ4n) is 4.39. The highest BCUT2D eigenvalue weighted by atomic mass is 16.5. The summed E-state index contributed by atoms with van der Waals surface area (Å²) in [5.41, 5.74) is 1.12. The molecule has 5 unspecified atom stereocenters. The number of aromatic nitrogens is 2. The summed E-state index contributed by atoms with van der Waals surface area (Å²) in [6, 6.07) is 0. The minimum atomic E-state index is -0.375. The molecule has 0 N–H and O–H groups in total. The quantitative estimate of drug-likeness (QED) is 0.542. The van der Waals surface area contributed by atoms with Gasteiger partial charge in [-0.15, -0.1) is 0 Å². The Bertz CT molecular complexity index is 1010. The van der Waals surface area contributed by atoms with Gasteiger partial charge in [0.2, 0.25) is 0 Å². The third-order valence-electron chi connectivity index (χ3n) is 6.55. The average molecular weight is 485 g/mol. The van der Waals surface area contributed by atoms with Crippen molar-refractivity contribution in [3.05, 3.63) is 60.0 Å². The molecule has 0 fully saturated rings. The van der Waals surface area contributed by atoms with Gasteiger partial charge >= 0.3 is 11.9 Å². The van der Waals surface area contributed by atoms with Crippen molar-refractivity contribution in [1.29, 1.82) is 0 Å². The van der Waals surface area contributed by atoms with Gasteiger partial charge in [0.1, 0.15) is 23.7 Å². The van der Waals surface area contributed by atoms with Crippen LogP contribution in [0.3, 0.4) is 0 Å². The number of carbonyl (C=O) groups excluding carboxylic acids is 2. The normalized spacial score (nSPS) is 27.5. The Hall–Kier alpha value is -3.16. The van der Waals surface area contributed by atoms with Crippen LogP contribution in [0.15, 0.2) is 57.3 Å². The van der Waals surface area contributed by atoms with Crippen LogP contribution in [-0.4, -0.2) is 34.1 Å². The zero-order valence-electron chi connectivity index (χ0n) is 21.2. The Morgan fingerprint density at radius 2 is 1.37 bits per heavy atom. The molecular formula is C27H36N2O6.